The van der Waals surface area contributed by atoms with E-state index in [0.717, 1.165) is 15.3 Å². The minimum absolute atomic E-state index is 0.307. The highest BCUT2D eigenvalue weighted by Crippen LogP contribution is 2.27. The lowest BCUT2D eigenvalue weighted by Gasteiger charge is -2.11. The van der Waals surface area contributed by atoms with E-state index in [1.165, 1.54) is 11.3 Å². The van der Waals surface area contributed by atoms with E-state index in [9.17, 15) is 14.9 Å². The molecule has 0 fully saturated rings. The van der Waals surface area contributed by atoms with E-state index < -0.39 is 17.6 Å². The predicted octanol–water partition coefficient (Wildman–Crippen LogP) is 3.06. The Kier molecular flexibility index (Phi) is 6.97. The number of ketones is 1. The summed E-state index contributed by atoms with van der Waals surface area (Å²) in [4.78, 5) is 26.6. The van der Waals surface area contributed by atoms with Gasteiger partial charge < -0.3 is 14.8 Å². The second-order valence-corrected chi connectivity index (χ2v) is 7.44. The molecule has 0 aliphatic rings. The smallest absolute Gasteiger partial charge is 0.245 e. The number of aryl methyl sites for hydroxylation is 2. The molecule has 0 saturated carbocycles. The molecular formula is C20H22N2O4S. The van der Waals surface area contributed by atoms with Crippen LogP contribution in [-0.4, -0.2) is 32.5 Å². The number of Topliss-reactive ketones (excluding diaryl/α,β-unsaturated/α-hetero) is 1. The van der Waals surface area contributed by atoms with Gasteiger partial charge in [0.1, 0.15) is 0 Å². The number of rotatable bonds is 8. The van der Waals surface area contributed by atoms with Crippen LogP contribution in [0.2, 0.25) is 0 Å². The maximum atomic E-state index is 12.5. The summed E-state index contributed by atoms with van der Waals surface area (Å²) in [5.41, 5.74) is 1.39. The van der Waals surface area contributed by atoms with Gasteiger partial charge in [-0.25, -0.2) is 0 Å². The van der Waals surface area contributed by atoms with Crippen LogP contribution in [0, 0.1) is 31.1 Å². The molecule has 0 bridgehead atoms. The normalized spacial score (nSPS) is 11.4. The van der Waals surface area contributed by atoms with E-state index in [4.69, 9.17) is 9.47 Å². The molecule has 0 saturated heterocycles. The zero-order chi connectivity index (χ0) is 20.0. The molecule has 0 aliphatic carbocycles. The van der Waals surface area contributed by atoms with Gasteiger partial charge in [0.15, 0.2) is 23.2 Å². The number of benzene rings is 1. The second-order valence-electron chi connectivity index (χ2n) is 5.98. The monoisotopic (exact) mass is 386 g/mol. The summed E-state index contributed by atoms with van der Waals surface area (Å²) in [5, 5.41) is 12.0. The fourth-order valence-corrected chi connectivity index (χ4v) is 3.66. The molecule has 6 nitrogen and oxygen atoms in total. The third-order valence-corrected chi connectivity index (χ3v) is 5.09. The highest BCUT2D eigenvalue weighted by Gasteiger charge is 2.29. The summed E-state index contributed by atoms with van der Waals surface area (Å²) >= 11 is 1.47. The summed E-state index contributed by atoms with van der Waals surface area (Å²) < 4.78 is 10.4. The zero-order valence-corrected chi connectivity index (χ0v) is 16.6. The van der Waals surface area contributed by atoms with Crippen molar-refractivity contribution in [2.75, 3.05) is 20.8 Å². The number of hydrogen-bond donors (Lipinski definition) is 1. The van der Waals surface area contributed by atoms with E-state index in [0.29, 0.717) is 30.0 Å². The molecule has 2 aromatic rings. The molecule has 0 aliphatic heterocycles. The summed E-state index contributed by atoms with van der Waals surface area (Å²) in [6.45, 7) is 4.01. The topological polar surface area (TPSA) is 88.4 Å². The van der Waals surface area contributed by atoms with Crippen molar-refractivity contribution < 1.29 is 19.1 Å². The summed E-state index contributed by atoms with van der Waals surface area (Å²) in [6, 6.07) is 9.04. The summed E-state index contributed by atoms with van der Waals surface area (Å²) in [6.07, 6.45) is 0.537. The van der Waals surface area contributed by atoms with Gasteiger partial charge >= 0.3 is 0 Å². The minimum atomic E-state index is -1.34. The molecule has 142 valence electrons. The molecule has 0 spiro atoms. The van der Waals surface area contributed by atoms with Crippen LogP contribution < -0.4 is 14.8 Å². The first kappa shape index (κ1) is 20.5. The number of nitriles is 1. The molecule has 1 N–H and O–H groups in total. The van der Waals surface area contributed by atoms with Crippen molar-refractivity contribution in [3.63, 3.8) is 0 Å². The number of amides is 1. The summed E-state index contributed by atoms with van der Waals surface area (Å²) in [7, 11) is 3.12. The molecule has 0 radical (unpaired) electrons. The van der Waals surface area contributed by atoms with Gasteiger partial charge in [-0.05, 0) is 44.0 Å². The Morgan fingerprint density at radius 2 is 1.89 bits per heavy atom. The van der Waals surface area contributed by atoms with Gasteiger partial charge in [0.2, 0.25) is 5.91 Å². The van der Waals surface area contributed by atoms with E-state index in [1.807, 2.05) is 32.0 Å². The van der Waals surface area contributed by atoms with Crippen molar-refractivity contribution in [2.24, 2.45) is 5.92 Å². The van der Waals surface area contributed by atoms with Gasteiger partial charge in [-0.15, -0.1) is 11.3 Å². The van der Waals surface area contributed by atoms with E-state index in [2.05, 4.69) is 5.32 Å². The number of hydrogen-bond acceptors (Lipinski definition) is 6. The van der Waals surface area contributed by atoms with E-state index >= 15 is 0 Å². The Morgan fingerprint density at radius 1 is 1.19 bits per heavy atom. The third-order valence-electron chi connectivity index (χ3n) is 4.12. The molecule has 1 unspecified atom stereocenters. The fraction of sp³-hybridized carbons (Fsp3) is 0.350. The number of ether oxygens (including phenoxy) is 2. The van der Waals surface area contributed by atoms with Crippen LogP contribution >= 0.6 is 11.3 Å². The Balaban J connectivity index is 1.99. The highest BCUT2D eigenvalue weighted by molar-refractivity contribution is 7.12. The lowest BCUT2D eigenvalue weighted by atomic mass is 9.98. The summed E-state index contributed by atoms with van der Waals surface area (Å²) in [5.74, 6) is -1.14. The zero-order valence-electron chi connectivity index (χ0n) is 15.8. The molecular weight excluding hydrogens is 364 g/mol. The molecule has 1 aromatic carbocycles. The largest absolute Gasteiger partial charge is 0.493 e. The quantitative estimate of drug-likeness (QED) is 0.556. The first-order valence-electron chi connectivity index (χ1n) is 8.40. The number of thiophene rings is 1. The molecule has 1 heterocycles. The number of carbonyl (C=O) groups excluding carboxylic acids is 2. The van der Waals surface area contributed by atoms with Crippen molar-refractivity contribution in [2.45, 2.75) is 20.3 Å². The van der Waals surface area contributed by atoms with Crippen LogP contribution in [0.15, 0.2) is 24.3 Å². The Bertz CT molecular complexity index is 883. The third kappa shape index (κ3) is 4.86. The molecule has 1 amide bonds. The minimum Gasteiger partial charge on any atom is -0.493 e. The van der Waals surface area contributed by atoms with E-state index in [1.54, 1.807) is 26.4 Å². The van der Waals surface area contributed by atoms with Crippen LogP contribution in [0.4, 0.5) is 0 Å². The predicted molar refractivity (Wildman–Crippen MR) is 103 cm³/mol. The molecule has 7 heteroatoms. The van der Waals surface area contributed by atoms with Crippen molar-refractivity contribution in [3.05, 3.63) is 45.1 Å². The fourth-order valence-electron chi connectivity index (χ4n) is 2.74. The van der Waals surface area contributed by atoms with Crippen LogP contribution in [0.25, 0.3) is 0 Å². The van der Waals surface area contributed by atoms with Crippen molar-refractivity contribution in [1.82, 2.24) is 5.32 Å². The van der Waals surface area contributed by atoms with Gasteiger partial charge in [-0.3, -0.25) is 9.59 Å². The number of carbonyl (C=O) groups is 2. The average Bonchev–Trinajstić information content (AvgIpc) is 3.00. The maximum Gasteiger partial charge on any atom is 0.245 e. The van der Waals surface area contributed by atoms with Gasteiger partial charge in [0, 0.05) is 21.9 Å². The van der Waals surface area contributed by atoms with Crippen LogP contribution in [-0.2, 0) is 11.2 Å². The Hall–Kier alpha value is -2.85. The maximum absolute atomic E-state index is 12.5. The van der Waals surface area contributed by atoms with Gasteiger partial charge in [-0.2, -0.15) is 5.26 Å². The second kappa shape index (κ2) is 9.19. The SMILES string of the molecule is COc1ccc(CCNC(=O)C(C#N)C(=O)c2cc(C)sc2C)cc1OC. The van der Waals surface area contributed by atoms with Crippen molar-refractivity contribution in [1.29, 1.82) is 5.26 Å². The number of nitrogens with zero attached hydrogens (tertiary/aromatic N) is 1. The van der Waals surface area contributed by atoms with Gasteiger partial charge in [0.25, 0.3) is 0 Å². The Labute approximate surface area is 162 Å². The molecule has 1 aromatic heterocycles. The molecule has 27 heavy (non-hydrogen) atoms. The van der Waals surface area contributed by atoms with Crippen molar-refractivity contribution >= 4 is 23.0 Å². The molecule has 1 atom stereocenters. The number of methoxy groups -OCH3 is 2. The first-order valence-corrected chi connectivity index (χ1v) is 9.22. The van der Waals surface area contributed by atoms with Gasteiger partial charge in [0.05, 0.1) is 20.3 Å². The lowest BCUT2D eigenvalue weighted by Crippen LogP contribution is -2.35. The Morgan fingerprint density at radius 3 is 2.44 bits per heavy atom. The number of nitrogens with one attached hydrogen (secondary N) is 1. The van der Waals surface area contributed by atoms with Crippen molar-refractivity contribution in [3.8, 4) is 17.6 Å². The van der Waals surface area contributed by atoms with Gasteiger partial charge in [-0.1, -0.05) is 6.07 Å². The van der Waals surface area contributed by atoms with Crippen LogP contribution in [0.1, 0.15) is 25.7 Å². The standard InChI is InChI=1S/C20H22N2O4S/c1-12-9-15(13(2)27-12)19(23)16(11-21)20(24)22-8-7-14-5-6-17(25-3)18(10-14)26-4/h5-6,9-10,16H,7-8H2,1-4H3,(H,22,24). The molecule has 2 rings (SSSR count). The van der Waals surface area contributed by atoms with Crippen LogP contribution in [0.3, 0.4) is 0 Å². The lowest BCUT2D eigenvalue weighted by molar-refractivity contribution is -0.122. The first-order chi connectivity index (χ1) is 12.9. The highest BCUT2D eigenvalue weighted by atomic mass is 32.1. The van der Waals surface area contributed by atoms with E-state index in [-0.39, 0.29) is 0 Å². The van der Waals surface area contributed by atoms with Crippen LogP contribution in [0.5, 0.6) is 11.5 Å². The average molecular weight is 386 g/mol.